The van der Waals surface area contributed by atoms with Gasteiger partial charge in [-0.2, -0.15) is 5.10 Å². The molecule has 3 aliphatic heterocycles. The molecule has 2 N–H and O–H groups in total. The third-order valence-corrected chi connectivity index (χ3v) is 7.58. The van der Waals surface area contributed by atoms with E-state index in [4.69, 9.17) is 4.74 Å². The van der Waals surface area contributed by atoms with E-state index in [9.17, 15) is 14.7 Å². The van der Waals surface area contributed by atoms with Gasteiger partial charge in [0.1, 0.15) is 12.4 Å². The lowest BCUT2D eigenvalue weighted by molar-refractivity contribution is 0.0663. The van der Waals surface area contributed by atoms with Crippen molar-refractivity contribution in [2.45, 2.75) is 38.9 Å². The molecule has 1 aromatic heterocycles. The average Bonchev–Trinajstić information content (AvgIpc) is 3.59. The molecule has 2 aromatic carbocycles. The number of likely N-dealkylation sites (N-methyl/N-ethyl adjacent to an activating group) is 1. The third-order valence-electron chi connectivity index (χ3n) is 7.58. The molecule has 4 heterocycles. The second-order valence-electron chi connectivity index (χ2n) is 11.1. The van der Waals surface area contributed by atoms with Crippen molar-refractivity contribution >= 4 is 28.6 Å². The second kappa shape index (κ2) is 9.13. The molecule has 0 atom stereocenters. The van der Waals surface area contributed by atoms with Crippen LogP contribution >= 0.6 is 0 Å². The number of carbonyl (C=O) groups is 2. The molecule has 6 rings (SSSR count). The maximum Gasteiger partial charge on any atom is 0.258 e. The highest BCUT2D eigenvalue weighted by atomic mass is 16.5. The number of aromatic amines is 1. The number of piperazine rings is 1. The van der Waals surface area contributed by atoms with E-state index in [1.807, 2.05) is 36.9 Å². The first-order valence-electron chi connectivity index (χ1n) is 13.0. The normalized spacial score (nSPS) is 19.0. The number of aliphatic imine (C=N–C) groups is 1. The fraction of sp³-hybridized carbons (Fsp3) is 0.429. The Morgan fingerprint density at radius 1 is 1.03 bits per heavy atom. The van der Waals surface area contributed by atoms with Gasteiger partial charge < -0.3 is 24.5 Å². The van der Waals surface area contributed by atoms with Crippen LogP contribution in [0.2, 0.25) is 0 Å². The molecule has 3 aromatic rings. The number of fused-ring (bicyclic) bond motifs is 2. The number of benzene rings is 2. The summed E-state index contributed by atoms with van der Waals surface area (Å²) in [4.78, 5) is 37.0. The maximum absolute atomic E-state index is 13.5. The van der Waals surface area contributed by atoms with Crippen molar-refractivity contribution in [3.8, 4) is 5.75 Å². The highest BCUT2D eigenvalue weighted by Gasteiger charge is 2.30. The van der Waals surface area contributed by atoms with Crippen LogP contribution < -0.4 is 0 Å². The van der Waals surface area contributed by atoms with Gasteiger partial charge in [0.2, 0.25) is 0 Å². The zero-order chi connectivity index (χ0) is 26.6. The van der Waals surface area contributed by atoms with Gasteiger partial charge in [-0.15, -0.1) is 0 Å². The molecule has 10 heteroatoms. The summed E-state index contributed by atoms with van der Waals surface area (Å²) in [5.41, 5.74) is 3.93. The number of phenolic OH excluding ortho intramolecular Hbond substituents is 1. The molecular formula is C28H32N6O4. The highest BCUT2D eigenvalue weighted by Crippen LogP contribution is 2.32. The van der Waals surface area contributed by atoms with E-state index in [0.29, 0.717) is 56.2 Å². The molecule has 0 saturated carbocycles. The van der Waals surface area contributed by atoms with Crippen molar-refractivity contribution in [2.24, 2.45) is 4.99 Å². The van der Waals surface area contributed by atoms with E-state index in [0.717, 1.165) is 35.3 Å². The molecule has 38 heavy (non-hydrogen) atoms. The largest absolute Gasteiger partial charge is 0.507 e. The quantitative estimate of drug-likeness (QED) is 0.551. The van der Waals surface area contributed by atoms with Gasteiger partial charge in [-0.05, 0) is 50.2 Å². The lowest BCUT2D eigenvalue weighted by Gasteiger charge is -2.32. The fourth-order valence-electron chi connectivity index (χ4n) is 5.34. The monoisotopic (exact) mass is 516 g/mol. The Morgan fingerprint density at radius 2 is 1.79 bits per heavy atom. The molecule has 0 unspecified atom stereocenters. The molecule has 0 bridgehead atoms. The topological polar surface area (TPSA) is 114 Å². The number of carbonyl (C=O) groups excluding carboxylic acids is 2. The number of rotatable bonds is 4. The van der Waals surface area contributed by atoms with Crippen LogP contribution in [-0.4, -0.2) is 93.1 Å². The van der Waals surface area contributed by atoms with Crippen LogP contribution in [0.5, 0.6) is 5.75 Å². The van der Waals surface area contributed by atoms with Gasteiger partial charge in [0.25, 0.3) is 11.8 Å². The van der Waals surface area contributed by atoms with Crippen LogP contribution in [0.3, 0.4) is 0 Å². The maximum atomic E-state index is 13.5. The zero-order valence-corrected chi connectivity index (χ0v) is 22.0. The third kappa shape index (κ3) is 4.49. The van der Waals surface area contributed by atoms with E-state index < -0.39 is 0 Å². The lowest BCUT2D eigenvalue weighted by Crippen LogP contribution is -2.47. The Kier molecular flexibility index (Phi) is 5.86. The summed E-state index contributed by atoms with van der Waals surface area (Å²) < 4.78 is 5.73. The van der Waals surface area contributed by atoms with Crippen molar-refractivity contribution in [1.82, 2.24) is 24.9 Å². The number of hydrogen-bond acceptors (Lipinski definition) is 7. The summed E-state index contributed by atoms with van der Waals surface area (Å²) in [5, 5.41) is 18.7. The molecule has 0 aliphatic carbocycles. The second-order valence-corrected chi connectivity index (χ2v) is 11.1. The van der Waals surface area contributed by atoms with Crippen molar-refractivity contribution < 1.29 is 19.4 Å². The zero-order valence-electron chi connectivity index (χ0n) is 22.0. The molecule has 0 radical (unpaired) electrons. The molecule has 0 spiro atoms. The van der Waals surface area contributed by atoms with Gasteiger partial charge in [-0.3, -0.25) is 14.7 Å². The van der Waals surface area contributed by atoms with Gasteiger partial charge in [0.15, 0.2) is 5.90 Å². The number of hydrogen-bond donors (Lipinski definition) is 2. The SMILES string of the molecule is CN1CCN(C(=O)c2ccc3c(c2)CN(C(=O)c2cc4c(CC5=NC(C)(C)CO5)[nH]nc4cc2O)C3)CC1. The van der Waals surface area contributed by atoms with Gasteiger partial charge in [-0.1, -0.05) is 6.07 Å². The first-order valence-corrected chi connectivity index (χ1v) is 13.0. The van der Waals surface area contributed by atoms with Gasteiger partial charge in [-0.25, -0.2) is 4.99 Å². The first kappa shape index (κ1) is 24.4. The Hall–Kier alpha value is -3.92. The number of nitrogens with one attached hydrogen (secondary N) is 1. The van der Waals surface area contributed by atoms with Gasteiger partial charge in [0, 0.05) is 56.3 Å². The van der Waals surface area contributed by atoms with Gasteiger partial charge in [0.05, 0.1) is 28.7 Å². The van der Waals surface area contributed by atoms with E-state index in [2.05, 4.69) is 27.1 Å². The summed E-state index contributed by atoms with van der Waals surface area (Å²) in [6, 6.07) is 8.90. The Labute approximate surface area is 220 Å². The fourth-order valence-corrected chi connectivity index (χ4v) is 5.34. The van der Waals surface area contributed by atoms with E-state index in [1.165, 1.54) is 6.07 Å². The first-order chi connectivity index (χ1) is 18.2. The molecule has 198 valence electrons. The molecular weight excluding hydrogens is 484 g/mol. The van der Waals surface area contributed by atoms with Crippen LogP contribution in [0.1, 0.15) is 51.4 Å². The number of ether oxygens (including phenoxy) is 1. The van der Waals surface area contributed by atoms with E-state index >= 15 is 0 Å². The Bertz CT molecular complexity index is 1470. The Morgan fingerprint density at radius 3 is 2.53 bits per heavy atom. The number of aromatic nitrogens is 2. The van der Waals surface area contributed by atoms with Crippen LogP contribution in [0, 0.1) is 0 Å². The molecule has 1 fully saturated rings. The average molecular weight is 517 g/mol. The summed E-state index contributed by atoms with van der Waals surface area (Å²) >= 11 is 0. The van der Waals surface area contributed by atoms with Crippen LogP contribution in [0.25, 0.3) is 10.9 Å². The van der Waals surface area contributed by atoms with Crippen LogP contribution in [0.4, 0.5) is 0 Å². The van der Waals surface area contributed by atoms with Crippen LogP contribution in [0.15, 0.2) is 35.3 Å². The van der Waals surface area contributed by atoms with E-state index in [-0.39, 0.29) is 28.7 Å². The van der Waals surface area contributed by atoms with Crippen molar-refractivity contribution in [1.29, 1.82) is 0 Å². The standard InChI is InChI=1S/C28H32N6O4/c1-28(2)16-38-25(29-28)13-23-20-11-21(24(35)12-22(20)30-31-23)27(37)34-14-18-5-4-17(10-19(18)15-34)26(36)33-8-6-32(3)7-9-33/h4-5,10-12,35H,6-9,13-16H2,1-3H3,(H,30,31). The number of nitrogens with zero attached hydrogens (tertiary/aromatic N) is 5. The minimum Gasteiger partial charge on any atom is -0.507 e. The summed E-state index contributed by atoms with van der Waals surface area (Å²) in [7, 11) is 2.06. The minimum atomic E-state index is -0.268. The number of H-pyrrole nitrogens is 1. The molecule has 3 aliphatic rings. The molecule has 2 amide bonds. The minimum absolute atomic E-state index is 0.0282. The predicted octanol–water partition coefficient (Wildman–Crippen LogP) is 2.56. The highest BCUT2D eigenvalue weighted by molar-refractivity contribution is 6.02. The van der Waals surface area contributed by atoms with Crippen molar-refractivity contribution in [3.05, 3.63) is 58.3 Å². The smallest absolute Gasteiger partial charge is 0.258 e. The molecule has 10 nitrogen and oxygen atoms in total. The summed E-state index contributed by atoms with van der Waals surface area (Å²) in [5.74, 6) is 0.271. The number of amides is 2. The number of phenols is 1. The Balaban J connectivity index is 1.21. The van der Waals surface area contributed by atoms with Crippen LogP contribution in [-0.2, 0) is 24.2 Å². The summed E-state index contributed by atoms with van der Waals surface area (Å²) in [6.07, 6.45) is 0.428. The van der Waals surface area contributed by atoms with Crippen molar-refractivity contribution in [2.75, 3.05) is 39.8 Å². The molecule has 1 saturated heterocycles. The van der Waals surface area contributed by atoms with Gasteiger partial charge >= 0.3 is 0 Å². The lowest BCUT2D eigenvalue weighted by atomic mass is 10.1. The number of aromatic hydroxyl groups is 1. The summed E-state index contributed by atoms with van der Waals surface area (Å²) in [6.45, 7) is 8.52. The van der Waals surface area contributed by atoms with E-state index in [1.54, 1.807) is 11.0 Å². The predicted molar refractivity (Wildman–Crippen MR) is 142 cm³/mol. The van der Waals surface area contributed by atoms with Crippen molar-refractivity contribution in [3.63, 3.8) is 0 Å².